The van der Waals surface area contributed by atoms with Gasteiger partial charge in [0.05, 0.1) is 0 Å². The van der Waals surface area contributed by atoms with E-state index in [0.29, 0.717) is 6.04 Å². The van der Waals surface area contributed by atoms with Gasteiger partial charge in [-0.15, -0.1) is 0 Å². The number of hydrogen-bond donors (Lipinski definition) is 1. The van der Waals surface area contributed by atoms with Gasteiger partial charge in [-0.05, 0) is 25.8 Å². The molecule has 1 aliphatic rings. The van der Waals surface area contributed by atoms with E-state index >= 15 is 0 Å². The van der Waals surface area contributed by atoms with Crippen molar-refractivity contribution in [1.29, 1.82) is 0 Å². The number of rotatable bonds is 1. The maximum absolute atomic E-state index is 3.54. The first kappa shape index (κ1) is 7.81. The lowest BCUT2D eigenvalue weighted by molar-refractivity contribution is 0.168. The van der Waals surface area contributed by atoms with Crippen molar-refractivity contribution in [2.45, 2.75) is 31.8 Å². The maximum atomic E-state index is 3.54. The maximum Gasteiger partial charge on any atom is 0.0422 e. The van der Waals surface area contributed by atoms with Crippen LogP contribution in [0.2, 0.25) is 0 Å². The molecule has 0 amide bonds. The minimum atomic E-state index is 0.237. The molecule has 0 aromatic heterocycles. The van der Waals surface area contributed by atoms with E-state index < -0.39 is 0 Å². The van der Waals surface area contributed by atoms with Crippen LogP contribution < -0.4 is 5.32 Å². The first-order chi connectivity index (χ1) is 5.71. The Kier molecular flexibility index (Phi) is 1.69. The Labute approximate surface area is 73.8 Å². The van der Waals surface area contributed by atoms with Crippen LogP contribution in [0.1, 0.15) is 25.8 Å². The van der Waals surface area contributed by atoms with Gasteiger partial charge in [0, 0.05) is 11.6 Å². The predicted molar refractivity (Wildman–Crippen MR) is 51.0 cm³/mol. The highest BCUT2D eigenvalue weighted by atomic mass is 15.1. The highest BCUT2D eigenvalue weighted by Crippen LogP contribution is 2.33. The standard InChI is InChI=1S/C11H15N/c1-9-8-11(2,12-9)10-6-4-3-5-7-10/h3-7,9,12H,8H2,1-2H3. The molecule has 0 aliphatic carbocycles. The minimum absolute atomic E-state index is 0.237. The Bertz CT molecular complexity index is 260. The number of hydrogen-bond acceptors (Lipinski definition) is 1. The van der Waals surface area contributed by atoms with E-state index in [0.717, 1.165) is 0 Å². The van der Waals surface area contributed by atoms with Gasteiger partial charge in [0.15, 0.2) is 0 Å². The van der Waals surface area contributed by atoms with Crippen LogP contribution in [0.3, 0.4) is 0 Å². The van der Waals surface area contributed by atoms with E-state index in [1.807, 2.05) is 0 Å². The van der Waals surface area contributed by atoms with Crippen molar-refractivity contribution in [3.8, 4) is 0 Å². The van der Waals surface area contributed by atoms with Gasteiger partial charge in [0.25, 0.3) is 0 Å². The summed E-state index contributed by atoms with van der Waals surface area (Å²) in [5.74, 6) is 0. The largest absolute Gasteiger partial charge is 0.305 e. The predicted octanol–water partition coefficient (Wildman–Crippen LogP) is 2.28. The summed E-state index contributed by atoms with van der Waals surface area (Å²) in [6.07, 6.45) is 1.25. The van der Waals surface area contributed by atoms with Crippen LogP contribution in [-0.2, 0) is 5.54 Å². The molecule has 0 bridgehead atoms. The van der Waals surface area contributed by atoms with Gasteiger partial charge >= 0.3 is 0 Å². The van der Waals surface area contributed by atoms with E-state index in [1.54, 1.807) is 0 Å². The molecular formula is C11H15N. The molecule has 2 unspecified atom stereocenters. The van der Waals surface area contributed by atoms with Crippen LogP contribution in [0.5, 0.6) is 0 Å². The fourth-order valence-corrected chi connectivity index (χ4v) is 2.14. The normalized spacial score (nSPS) is 34.3. The fraction of sp³-hybridized carbons (Fsp3) is 0.455. The lowest BCUT2D eigenvalue weighted by Gasteiger charge is -2.46. The lowest BCUT2D eigenvalue weighted by Crippen LogP contribution is -2.57. The highest BCUT2D eigenvalue weighted by Gasteiger charge is 2.37. The van der Waals surface area contributed by atoms with Crippen LogP contribution in [0.25, 0.3) is 0 Å². The first-order valence-corrected chi connectivity index (χ1v) is 4.54. The van der Waals surface area contributed by atoms with Crippen molar-refractivity contribution in [2.75, 3.05) is 0 Å². The van der Waals surface area contributed by atoms with Crippen molar-refractivity contribution in [3.05, 3.63) is 35.9 Å². The molecule has 64 valence electrons. The van der Waals surface area contributed by atoms with Gasteiger partial charge in [-0.25, -0.2) is 0 Å². The Morgan fingerprint density at radius 1 is 1.33 bits per heavy atom. The molecule has 1 saturated heterocycles. The highest BCUT2D eigenvalue weighted by molar-refractivity contribution is 5.26. The van der Waals surface area contributed by atoms with Crippen molar-refractivity contribution in [2.24, 2.45) is 0 Å². The molecule has 0 saturated carbocycles. The molecular weight excluding hydrogens is 146 g/mol. The average molecular weight is 161 g/mol. The molecule has 1 N–H and O–H groups in total. The first-order valence-electron chi connectivity index (χ1n) is 4.54. The molecule has 0 radical (unpaired) electrons. The average Bonchev–Trinajstić information content (AvgIpc) is 2.04. The zero-order valence-electron chi connectivity index (χ0n) is 7.67. The summed E-state index contributed by atoms with van der Waals surface area (Å²) in [7, 11) is 0. The Balaban J connectivity index is 2.21. The van der Waals surface area contributed by atoms with Crippen molar-refractivity contribution >= 4 is 0 Å². The second-order valence-electron chi connectivity index (χ2n) is 3.95. The molecule has 0 spiro atoms. The third-order valence-corrected chi connectivity index (χ3v) is 2.69. The third kappa shape index (κ3) is 1.14. The molecule has 2 rings (SSSR count). The summed E-state index contributed by atoms with van der Waals surface area (Å²) in [4.78, 5) is 0. The second kappa shape index (κ2) is 2.60. The van der Waals surface area contributed by atoms with Crippen LogP contribution in [0.15, 0.2) is 30.3 Å². The molecule has 12 heavy (non-hydrogen) atoms. The summed E-state index contributed by atoms with van der Waals surface area (Å²) in [6, 6.07) is 11.3. The number of benzene rings is 1. The summed E-state index contributed by atoms with van der Waals surface area (Å²) in [5, 5.41) is 3.54. The monoisotopic (exact) mass is 161 g/mol. The summed E-state index contributed by atoms with van der Waals surface area (Å²) < 4.78 is 0. The van der Waals surface area contributed by atoms with Gasteiger partial charge < -0.3 is 5.32 Å². The zero-order valence-corrected chi connectivity index (χ0v) is 7.67. The summed E-state index contributed by atoms with van der Waals surface area (Å²) in [6.45, 7) is 4.49. The topological polar surface area (TPSA) is 12.0 Å². The Morgan fingerprint density at radius 3 is 2.42 bits per heavy atom. The summed E-state index contributed by atoms with van der Waals surface area (Å²) >= 11 is 0. The van der Waals surface area contributed by atoms with Gasteiger partial charge in [0.1, 0.15) is 0 Å². The van der Waals surface area contributed by atoms with E-state index in [4.69, 9.17) is 0 Å². The molecule has 1 heterocycles. The van der Waals surface area contributed by atoms with Crippen LogP contribution in [0.4, 0.5) is 0 Å². The second-order valence-corrected chi connectivity index (χ2v) is 3.95. The fourth-order valence-electron chi connectivity index (χ4n) is 2.14. The quantitative estimate of drug-likeness (QED) is 0.666. The zero-order chi connectivity index (χ0) is 8.60. The van der Waals surface area contributed by atoms with E-state index in [1.165, 1.54) is 12.0 Å². The van der Waals surface area contributed by atoms with Gasteiger partial charge in [0.2, 0.25) is 0 Å². The van der Waals surface area contributed by atoms with Crippen LogP contribution in [-0.4, -0.2) is 6.04 Å². The molecule has 1 aromatic carbocycles. The Morgan fingerprint density at radius 2 is 1.92 bits per heavy atom. The van der Waals surface area contributed by atoms with Crippen molar-refractivity contribution in [3.63, 3.8) is 0 Å². The molecule has 1 fully saturated rings. The van der Waals surface area contributed by atoms with Crippen molar-refractivity contribution < 1.29 is 0 Å². The lowest BCUT2D eigenvalue weighted by atomic mass is 9.78. The van der Waals surface area contributed by atoms with Crippen LogP contribution in [0, 0.1) is 0 Å². The molecule has 1 nitrogen and oxygen atoms in total. The smallest absolute Gasteiger partial charge is 0.0422 e. The molecule has 1 aromatic rings. The van der Waals surface area contributed by atoms with Gasteiger partial charge in [-0.3, -0.25) is 0 Å². The third-order valence-electron chi connectivity index (χ3n) is 2.69. The minimum Gasteiger partial charge on any atom is -0.305 e. The Hall–Kier alpha value is -0.820. The number of nitrogens with one attached hydrogen (secondary N) is 1. The van der Waals surface area contributed by atoms with Gasteiger partial charge in [-0.2, -0.15) is 0 Å². The van der Waals surface area contributed by atoms with Crippen LogP contribution >= 0.6 is 0 Å². The van der Waals surface area contributed by atoms with E-state index in [-0.39, 0.29) is 5.54 Å². The molecule has 2 atom stereocenters. The SMILES string of the molecule is CC1CC(C)(c2ccccc2)N1. The molecule has 1 aliphatic heterocycles. The van der Waals surface area contributed by atoms with Gasteiger partial charge in [-0.1, -0.05) is 30.3 Å². The van der Waals surface area contributed by atoms with Crippen molar-refractivity contribution in [1.82, 2.24) is 5.32 Å². The molecule has 1 heteroatoms. The van der Waals surface area contributed by atoms with E-state index in [9.17, 15) is 0 Å². The summed E-state index contributed by atoms with van der Waals surface area (Å²) in [5.41, 5.74) is 1.64. The van der Waals surface area contributed by atoms with E-state index in [2.05, 4.69) is 49.5 Å².